The van der Waals surface area contributed by atoms with E-state index in [-0.39, 0.29) is 0 Å². The van der Waals surface area contributed by atoms with E-state index in [2.05, 4.69) is 0 Å². The summed E-state index contributed by atoms with van der Waals surface area (Å²) in [5.74, 6) is 0. The fourth-order valence-electron chi connectivity index (χ4n) is 1.21. The van der Waals surface area contributed by atoms with Crippen LogP contribution in [0.15, 0.2) is 0 Å². The molecule has 0 aromatic heterocycles. The van der Waals surface area contributed by atoms with Gasteiger partial charge in [0, 0.05) is 13.1 Å². The standard InChI is InChI=1S/C7H13N2/c8-7-9-5-3-1-2-4-6-9/h7H,1-6H2. The van der Waals surface area contributed by atoms with Gasteiger partial charge in [0.25, 0.3) is 0 Å². The molecule has 0 aliphatic carbocycles. The van der Waals surface area contributed by atoms with E-state index >= 15 is 0 Å². The normalized spacial score (nSPS) is 21.1. The number of hydrogen-bond acceptors (Lipinski definition) is 0. The molecule has 1 aliphatic rings. The van der Waals surface area contributed by atoms with Gasteiger partial charge < -0.3 is 4.90 Å². The minimum absolute atomic E-state index is 1.04. The maximum atomic E-state index is 8.62. The van der Waals surface area contributed by atoms with Crippen molar-refractivity contribution in [1.82, 2.24) is 10.3 Å². The Bertz CT molecular complexity index is 82.9. The van der Waals surface area contributed by atoms with Crippen molar-refractivity contribution in [2.45, 2.75) is 25.7 Å². The summed E-state index contributed by atoms with van der Waals surface area (Å²) in [4.78, 5) is 1.98. The molecule has 0 N–H and O–H groups in total. The smallest absolute Gasteiger partial charge is 0.114 e. The molecular formula is C7H13N2. The summed E-state index contributed by atoms with van der Waals surface area (Å²) >= 11 is 0. The maximum absolute atomic E-state index is 8.62. The van der Waals surface area contributed by atoms with E-state index in [1.807, 2.05) is 4.90 Å². The van der Waals surface area contributed by atoms with Gasteiger partial charge in [-0.2, -0.15) is 0 Å². The third kappa shape index (κ3) is 2.04. The Balaban J connectivity index is 2.26. The summed E-state index contributed by atoms with van der Waals surface area (Å²) in [6.45, 7) is 2.08. The molecule has 0 saturated carbocycles. The van der Waals surface area contributed by atoms with Crippen LogP contribution >= 0.6 is 0 Å². The minimum atomic E-state index is 1.04. The van der Waals surface area contributed by atoms with E-state index in [1.54, 1.807) is 0 Å². The van der Waals surface area contributed by atoms with Crippen LogP contribution in [0.25, 0.3) is 0 Å². The summed E-state index contributed by atoms with van der Waals surface area (Å²) in [6, 6.07) is 0. The third-order valence-corrected chi connectivity index (χ3v) is 1.80. The largest absolute Gasteiger partial charge is 0.361 e. The highest BCUT2D eigenvalue weighted by Crippen LogP contribution is 2.06. The zero-order valence-electron chi connectivity index (χ0n) is 5.71. The monoisotopic (exact) mass is 125 g/mol. The lowest BCUT2D eigenvalue weighted by atomic mass is 10.2. The van der Waals surface area contributed by atoms with Crippen LogP contribution in [0, 0.1) is 0 Å². The molecule has 2 nitrogen and oxygen atoms in total. The molecule has 1 fully saturated rings. The van der Waals surface area contributed by atoms with Crippen molar-refractivity contribution < 1.29 is 0 Å². The van der Waals surface area contributed by atoms with Gasteiger partial charge in [-0.05, 0) is 12.8 Å². The number of hydrogen-bond donors (Lipinski definition) is 0. The minimum Gasteiger partial charge on any atom is -0.361 e. The first-order chi connectivity index (χ1) is 4.43. The van der Waals surface area contributed by atoms with E-state index in [1.165, 1.54) is 32.0 Å². The Morgan fingerprint density at radius 2 is 1.56 bits per heavy atom. The number of nitrogens with zero attached hydrogens (tertiary/aromatic N) is 2. The zero-order chi connectivity index (χ0) is 6.53. The maximum Gasteiger partial charge on any atom is 0.114 e. The topological polar surface area (TPSA) is 25.5 Å². The van der Waals surface area contributed by atoms with Crippen LogP contribution in [-0.4, -0.2) is 24.3 Å². The second-order valence-electron chi connectivity index (χ2n) is 2.57. The van der Waals surface area contributed by atoms with Gasteiger partial charge in [0.2, 0.25) is 0 Å². The van der Waals surface area contributed by atoms with Crippen molar-refractivity contribution in [1.29, 1.82) is 0 Å². The molecule has 51 valence electrons. The summed E-state index contributed by atoms with van der Waals surface area (Å²) in [7, 11) is 0. The molecule has 2 heteroatoms. The average Bonchev–Trinajstić information content (AvgIpc) is 2.13. The van der Waals surface area contributed by atoms with Crippen molar-refractivity contribution in [2.75, 3.05) is 13.1 Å². The molecule has 0 aromatic carbocycles. The van der Waals surface area contributed by atoms with Crippen molar-refractivity contribution in [3.05, 3.63) is 0 Å². The van der Waals surface area contributed by atoms with Crippen LogP contribution < -0.4 is 5.41 Å². The molecule has 1 aliphatic heterocycles. The fraction of sp³-hybridized carbons (Fsp3) is 0.857. The molecule has 0 bridgehead atoms. The van der Waals surface area contributed by atoms with E-state index < -0.39 is 0 Å². The lowest BCUT2D eigenvalue weighted by molar-refractivity contribution is 0.448. The molecule has 0 spiro atoms. The van der Waals surface area contributed by atoms with Crippen LogP contribution in [0.3, 0.4) is 0 Å². The predicted molar refractivity (Wildman–Crippen MR) is 38.2 cm³/mol. The van der Waals surface area contributed by atoms with Gasteiger partial charge in [0.15, 0.2) is 0 Å². The van der Waals surface area contributed by atoms with Gasteiger partial charge in [-0.15, -0.1) is 5.41 Å². The molecule has 1 heterocycles. The average molecular weight is 125 g/mol. The van der Waals surface area contributed by atoms with E-state index in [9.17, 15) is 0 Å². The Hall–Kier alpha value is -0.530. The SMILES string of the molecule is [N]=CN1CCCCCC1. The van der Waals surface area contributed by atoms with E-state index in [0.29, 0.717) is 0 Å². The first-order valence-electron chi connectivity index (χ1n) is 3.65. The van der Waals surface area contributed by atoms with Crippen LogP contribution in [0.4, 0.5) is 0 Å². The summed E-state index contributed by atoms with van der Waals surface area (Å²) in [5.41, 5.74) is 0. The summed E-state index contributed by atoms with van der Waals surface area (Å²) in [5, 5.41) is 8.62. The van der Waals surface area contributed by atoms with Gasteiger partial charge in [-0.3, -0.25) is 0 Å². The van der Waals surface area contributed by atoms with Crippen molar-refractivity contribution in [3.63, 3.8) is 0 Å². The lowest BCUT2D eigenvalue weighted by Crippen LogP contribution is -2.22. The summed E-state index contributed by atoms with van der Waals surface area (Å²) < 4.78 is 0. The van der Waals surface area contributed by atoms with Gasteiger partial charge >= 0.3 is 0 Å². The van der Waals surface area contributed by atoms with Crippen LogP contribution in [-0.2, 0) is 0 Å². The fourth-order valence-corrected chi connectivity index (χ4v) is 1.21. The van der Waals surface area contributed by atoms with Crippen LogP contribution in [0.2, 0.25) is 0 Å². The van der Waals surface area contributed by atoms with Crippen molar-refractivity contribution in [3.8, 4) is 0 Å². The van der Waals surface area contributed by atoms with Gasteiger partial charge in [0.1, 0.15) is 6.34 Å². The molecule has 0 unspecified atom stereocenters. The van der Waals surface area contributed by atoms with Gasteiger partial charge in [-0.25, -0.2) is 0 Å². The van der Waals surface area contributed by atoms with E-state index in [0.717, 1.165) is 13.1 Å². The zero-order valence-corrected chi connectivity index (χ0v) is 5.71. The highest BCUT2D eigenvalue weighted by atomic mass is 15.1. The molecule has 1 rings (SSSR count). The second kappa shape index (κ2) is 3.49. The Kier molecular flexibility index (Phi) is 2.55. The van der Waals surface area contributed by atoms with Gasteiger partial charge in [-0.1, -0.05) is 12.8 Å². The lowest BCUT2D eigenvalue weighted by Gasteiger charge is -2.13. The first-order valence-corrected chi connectivity index (χ1v) is 3.65. The molecule has 1 saturated heterocycles. The molecular weight excluding hydrogens is 112 g/mol. The predicted octanol–water partition coefficient (Wildman–Crippen LogP) is 0.691. The number of rotatable bonds is 1. The highest BCUT2D eigenvalue weighted by Gasteiger charge is 2.03. The molecule has 1 radical (unpaired) electrons. The first kappa shape index (κ1) is 6.59. The van der Waals surface area contributed by atoms with Crippen molar-refractivity contribution >= 4 is 6.34 Å². The Labute approximate surface area is 56.4 Å². The van der Waals surface area contributed by atoms with E-state index in [4.69, 9.17) is 5.41 Å². The quantitative estimate of drug-likeness (QED) is 0.374. The molecule has 0 aromatic rings. The second-order valence-corrected chi connectivity index (χ2v) is 2.57. The molecule has 9 heavy (non-hydrogen) atoms. The summed E-state index contributed by atoms with van der Waals surface area (Å²) in [6.07, 6.45) is 6.33. The Morgan fingerprint density at radius 3 is 2.00 bits per heavy atom. The van der Waals surface area contributed by atoms with Gasteiger partial charge in [0.05, 0.1) is 0 Å². The Morgan fingerprint density at radius 1 is 1.00 bits per heavy atom. The van der Waals surface area contributed by atoms with Crippen LogP contribution in [0.1, 0.15) is 25.7 Å². The molecule has 0 amide bonds. The van der Waals surface area contributed by atoms with Crippen molar-refractivity contribution in [2.24, 2.45) is 0 Å². The van der Waals surface area contributed by atoms with Crippen LogP contribution in [0.5, 0.6) is 0 Å². The highest BCUT2D eigenvalue weighted by molar-refractivity contribution is 5.51. The third-order valence-electron chi connectivity index (χ3n) is 1.80. The number of likely N-dealkylation sites (tertiary alicyclic amines) is 1. The molecule has 0 atom stereocenters.